The van der Waals surface area contributed by atoms with Gasteiger partial charge in [0.25, 0.3) is 0 Å². The quantitative estimate of drug-likeness (QED) is 0.625. The molecule has 118 valence electrons. The molecular weight excluding hydrogens is 310 g/mol. The van der Waals surface area contributed by atoms with Gasteiger partial charge in [-0.3, -0.25) is 0 Å². The normalized spacial score (nSPS) is 28.4. The fraction of sp³-hybridized carbons (Fsp3) is 0.571. The van der Waals surface area contributed by atoms with Crippen molar-refractivity contribution in [1.82, 2.24) is 0 Å². The molecule has 0 amide bonds. The van der Waals surface area contributed by atoms with Gasteiger partial charge in [-0.1, -0.05) is 17.7 Å². The van der Waals surface area contributed by atoms with Gasteiger partial charge in [0, 0.05) is 11.8 Å². The molecule has 0 aliphatic heterocycles. The standard InChI is InChI=1S/C14H10F6N2/c1-7(2)8-3-4-9-10(8)12(13(15,16)17,14(18,19)20)11(9,5-21)6-22/h3-4,9-10H,1-2H3/t9-,10+/m1/s1. The molecule has 2 rings (SSSR count). The highest BCUT2D eigenvalue weighted by atomic mass is 19.4. The van der Waals surface area contributed by atoms with E-state index in [1.54, 1.807) is 0 Å². The predicted molar refractivity (Wildman–Crippen MR) is 62.7 cm³/mol. The Kier molecular flexibility index (Phi) is 3.19. The first-order valence-corrected chi connectivity index (χ1v) is 6.24. The van der Waals surface area contributed by atoms with E-state index in [1.165, 1.54) is 13.8 Å². The highest BCUT2D eigenvalue weighted by molar-refractivity contribution is 5.51. The Bertz CT molecular complexity index is 621. The second-order valence-corrected chi connectivity index (χ2v) is 5.65. The maximum Gasteiger partial charge on any atom is 0.406 e. The fourth-order valence-corrected chi connectivity index (χ4v) is 3.71. The summed E-state index contributed by atoms with van der Waals surface area (Å²) in [7, 11) is 0. The van der Waals surface area contributed by atoms with Gasteiger partial charge in [-0.05, 0) is 19.4 Å². The molecule has 1 saturated carbocycles. The SMILES string of the molecule is CC(C)=C1C=C[C@@H]2[C@H]1C(C(F)(F)F)(C(F)(F)F)C2(C#N)C#N. The van der Waals surface area contributed by atoms with Gasteiger partial charge in [0.2, 0.25) is 5.41 Å². The molecule has 8 heteroatoms. The Morgan fingerprint density at radius 1 is 1.05 bits per heavy atom. The molecule has 0 aromatic carbocycles. The van der Waals surface area contributed by atoms with Crippen molar-refractivity contribution in [2.75, 3.05) is 0 Å². The lowest BCUT2D eigenvalue weighted by atomic mass is 9.38. The maximum atomic E-state index is 13.5. The van der Waals surface area contributed by atoms with Crippen LogP contribution in [0, 0.1) is 45.3 Å². The molecule has 0 unspecified atom stereocenters. The predicted octanol–water partition coefficient (Wildman–Crippen LogP) is 4.28. The van der Waals surface area contributed by atoms with Crippen LogP contribution in [0.1, 0.15) is 13.8 Å². The van der Waals surface area contributed by atoms with E-state index in [1.807, 2.05) is 0 Å². The maximum absolute atomic E-state index is 13.5. The molecular formula is C14H10F6N2. The number of halogens is 6. The van der Waals surface area contributed by atoms with Crippen molar-refractivity contribution in [3.8, 4) is 12.1 Å². The Labute approximate surface area is 122 Å². The third-order valence-electron chi connectivity index (χ3n) is 4.59. The average molecular weight is 320 g/mol. The third-order valence-corrected chi connectivity index (χ3v) is 4.59. The zero-order chi connectivity index (χ0) is 17.1. The Morgan fingerprint density at radius 3 is 1.82 bits per heavy atom. The van der Waals surface area contributed by atoms with Crippen LogP contribution in [-0.2, 0) is 0 Å². The van der Waals surface area contributed by atoms with Gasteiger partial charge in [0.1, 0.15) is 0 Å². The minimum atomic E-state index is -5.77. The molecule has 2 aliphatic carbocycles. The van der Waals surface area contributed by atoms with Gasteiger partial charge < -0.3 is 0 Å². The monoisotopic (exact) mass is 320 g/mol. The van der Waals surface area contributed by atoms with Crippen LogP contribution in [0.5, 0.6) is 0 Å². The van der Waals surface area contributed by atoms with Crippen molar-refractivity contribution in [1.29, 1.82) is 10.5 Å². The zero-order valence-electron chi connectivity index (χ0n) is 11.5. The summed E-state index contributed by atoms with van der Waals surface area (Å²) in [4.78, 5) is 0. The highest BCUT2D eigenvalue weighted by Gasteiger charge is 2.93. The largest absolute Gasteiger partial charge is 0.406 e. The second-order valence-electron chi connectivity index (χ2n) is 5.65. The summed E-state index contributed by atoms with van der Waals surface area (Å²) < 4.78 is 81.1. The Balaban J connectivity index is 2.88. The van der Waals surface area contributed by atoms with Crippen LogP contribution in [0.15, 0.2) is 23.3 Å². The molecule has 0 saturated heterocycles. The first-order chi connectivity index (χ1) is 9.92. The number of rotatable bonds is 0. The van der Waals surface area contributed by atoms with E-state index < -0.39 is 35.0 Å². The van der Waals surface area contributed by atoms with Crippen molar-refractivity contribution in [2.24, 2.45) is 22.7 Å². The topological polar surface area (TPSA) is 47.6 Å². The molecule has 22 heavy (non-hydrogen) atoms. The summed E-state index contributed by atoms with van der Waals surface area (Å²) in [5.74, 6) is -3.41. The zero-order valence-corrected chi connectivity index (χ0v) is 11.5. The molecule has 0 heterocycles. The lowest BCUT2D eigenvalue weighted by Gasteiger charge is -2.61. The first-order valence-electron chi connectivity index (χ1n) is 6.24. The number of nitrogens with zero attached hydrogens (tertiary/aromatic N) is 2. The van der Waals surface area contributed by atoms with E-state index in [-0.39, 0.29) is 5.57 Å². The first kappa shape index (κ1) is 16.4. The number of fused-ring (bicyclic) bond motifs is 1. The second kappa shape index (κ2) is 4.28. The number of hydrogen-bond donors (Lipinski definition) is 0. The number of alkyl halides is 6. The molecule has 0 N–H and O–H groups in total. The van der Waals surface area contributed by atoms with Crippen LogP contribution < -0.4 is 0 Å². The summed E-state index contributed by atoms with van der Waals surface area (Å²) in [6, 6.07) is 2.05. The van der Waals surface area contributed by atoms with Gasteiger partial charge in [0.15, 0.2) is 5.41 Å². The van der Waals surface area contributed by atoms with E-state index in [0.717, 1.165) is 24.3 Å². The average Bonchev–Trinajstić information content (AvgIpc) is 2.69. The summed E-state index contributed by atoms with van der Waals surface area (Å²) in [5.41, 5.74) is -7.40. The van der Waals surface area contributed by atoms with Gasteiger partial charge in [-0.2, -0.15) is 36.9 Å². The van der Waals surface area contributed by atoms with E-state index in [4.69, 9.17) is 10.5 Å². The van der Waals surface area contributed by atoms with E-state index in [2.05, 4.69) is 0 Å². The van der Waals surface area contributed by atoms with Gasteiger partial charge in [-0.25, -0.2) is 0 Å². The number of hydrogen-bond acceptors (Lipinski definition) is 2. The summed E-state index contributed by atoms with van der Waals surface area (Å²) in [6.45, 7) is 2.80. The molecule has 2 atom stereocenters. The number of nitriles is 2. The molecule has 0 aromatic heterocycles. The summed E-state index contributed by atoms with van der Waals surface area (Å²) >= 11 is 0. The Morgan fingerprint density at radius 2 is 1.50 bits per heavy atom. The van der Waals surface area contributed by atoms with Crippen LogP contribution in [0.25, 0.3) is 0 Å². The van der Waals surface area contributed by atoms with Crippen LogP contribution in [-0.4, -0.2) is 12.4 Å². The van der Waals surface area contributed by atoms with Crippen molar-refractivity contribution >= 4 is 0 Å². The van der Waals surface area contributed by atoms with Crippen molar-refractivity contribution < 1.29 is 26.3 Å². The lowest BCUT2D eigenvalue weighted by Crippen LogP contribution is -2.75. The van der Waals surface area contributed by atoms with Gasteiger partial charge in [0.05, 0.1) is 12.1 Å². The fourth-order valence-electron chi connectivity index (χ4n) is 3.71. The van der Waals surface area contributed by atoms with Crippen LogP contribution in [0.3, 0.4) is 0 Å². The number of allylic oxidation sites excluding steroid dienone is 4. The molecule has 0 radical (unpaired) electrons. The molecule has 0 spiro atoms. The Hall–Kier alpha value is -1.96. The van der Waals surface area contributed by atoms with Crippen molar-refractivity contribution in [3.05, 3.63) is 23.3 Å². The molecule has 2 aliphatic rings. The van der Waals surface area contributed by atoms with E-state index in [9.17, 15) is 26.3 Å². The lowest BCUT2D eigenvalue weighted by molar-refractivity contribution is -0.419. The van der Waals surface area contributed by atoms with Crippen LogP contribution >= 0.6 is 0 Å². The van der Waals surface area contributed by atoms with Gasteiger partial charge >= 0.3 is 12.4 Å². The van der Waals surface area contributed by atoms with Gasteiger partial charge in [-0.15, -0.1) is 0 Å². The summed E-state index contributed by atoms with van der Waals surface area (Å²) in [5, 5.41) is 18.1. The molecule has 0 bridgehead atoms. The molecule has 0 aromatic rings. The van der Waals surface area contributed by atoms with Crippen LogP contribution in [0.4, 0.5) is 26.3 Å². The third kappa shape index (κ3) is 1.45. The molecule has 1 fully saturated rings. The highest BCUT2D eigenvalue weighted by Crippen LogP contribution is 2.79. The van der Waals surface area contributed by atoms with E-state index in [0.29, 0.717) is 5.57 Å². The van der Waals surface area contributed by atoms with E-state index >= 15 is 0 Å². The molecule has 2 nitrogen and oxygen atoms in total. The van der Waals surface area contributed by atoms with Crippen molar-refractivity contribution in [3.63, 3.8) is 0 Å². The summed E-state index contributed by atoms with van der Waals surface area (Å²) in [6.07, 6.45) is -9.28. The minimum Gasteiger partial charge on any atom is -0.196 e. The van der Waals surface area contributed by atoms with Crippen molar-refractivity contribution in [2.45, 2.75) is 26.2 Å². The smallest absolute Gasteiger partial charge is 0.196 e. The minimum absolute atomic E-state index is 0.110. The van der Waals surface area contributed by atoms with Crippen LogP contribution in [0.2, 0.25) is 0 Å².